The van der Waals surface area contributed by atoms with Crippen LogP contribution in [0.2, 0.25) is 0 Å². The first-order chi connectivity index (χ1) is 41.2. The second-order valence-electron chi connectivity index (χ2n) is 28.5. The second kappa shape index (κ2) is 27.4. The van der Waals surface area contributed by atoms with Crippen molar-refractivity contribution in [3.63, 3.8) is 0 Å². The van der Waals surface area contributed by atoms with Crippen LogP contribution in [0.1, 0.15) is 113 Å². The van der Waals surface area contributed by atoms with Gasteiger partial charge in [0.15, 0.2) is 31.5 Å². The van der Waals surface area contributed by atoms with Gasteiger partial charge in [-0.3, -0.25) is 0 Å². The molecule has 4 aliphatic carbocycles. The molecular formula is C60H102O28. The van der Waals surface area contributed by atoms with Crippen molar-refractivity contribution in [3.05, 3.63) is 11.6 Å². The quantitative estimate of drug-likeness (QED) is 0.0429. The molecule has 0 spiro atoms. The van der Waals surface area contributed by atoms with Gasteiger partial charge < -0.3 is 139 Å². The van der Waals surface area contributed by atoms with Crippen molar-refractivity contribution in [1.82, 2.24) is 0 Å². The zero-order valence-electron chi connectivity index (χ0n) is 51.5. The summed E-state index contributed by atoms with van der Waals surface area (Å²) in [7, 11) is 0. The molecule has 9 rings (SSSR count). The Bertz CT molecular complexity index is 2320. The summed E-state index contributed by atoms with van der Waals surface area (Å²) in [6.07, 6.45) is -35.2. The fourth-order valence-corrected chi connectivity index (χ4v) is 17.6. The van der Waals surface area contributed by atoms with Gasteiger partial charge in [0.2, 0.25) is 0 Å². The minimum absolute atomic E-state index is 0.0488. The van der Waals surface area contributed by atoms with Gasteiger partial charge in [0.05, 0.1) is 56.9 Å². The zero-order chi connectivity index (χ0) is 64.7. The van der Waals surface area contributed by atoms with E-state index in [0.717, 1.165) is 6.42 Å². The number of aliphatic hydroxyl groups excluding tert-OH is 18. The maximum atomic E-state index is 13.0. The number of aliphatic hydroxyl groups is 18. The van der Waals surface area contributed by atoms with Crippen LogP contribution in [0.5, 0.6) is 0 Å². The fourth-order valence-electron chi connectivity index (χ4n) is 17.6. The Labute approximate surface area is 512 Å². The molecule has 9 aliphatic rings. The monoisotopic (exact) mass is 1270 g/mol. The topological polar surface area (TPSA) is 456 Å². The van der Waals surface area contributed by atoms with Crippen molar-refractivity contribution in [2.24, 2.45) is 45.3 Å². The van der Waals surface area contributed by atoms with Crippen LogP contribution in [0, 0.1) is 45.3 Å². The van der Waals surface area contributed by atoms with E-state index in [1.165, 1.54) is 6.92 Å². The molecule has 88 heavy (non-hydrogen) atoms. The molecule has 0 amide bonds. The highest BCUT2D eigenvalue weighted by atomic mass is 16.8. The van der Waals surface area contributed by atoms with E-state index in [4.69, 9.17) is 47.4 Å². The van der Waals surface area contributed by atoms with Gasteiger partial charge in [-0.25, -0.2) is 0 Å². The normalized spacial score (nSPS) is 53.2. The molecule has 4 saturated carbocycles. The Hall–Kier alpha value is -1.38. The second-order valence-corrected chi connectivity index (χ2v) is 28.5. The van der Waals surface area contributed by atoms with Crippen molar-refractivity contribution in [2.45, 2.75) is 285 Å². The lowest BCUT2D eigenvalue weighted by molar-refractivity contribution is -0.382. The van der Waals surface area contributed by atoms with E-state index in [2.05, 4.69) is 34.6 Å². The van der Waals surface area contributed by atoms with E-state index in [1.807, 2.05) is 13.0 Å². The molecule has 35 atom stereocenters. The molecule has 0 aromatic rings. The molecule has 0 aromatic heterocycles. The maximum Gasteiger partial charge on any atom is 0.187 e. The molecule has 18 N–H and O–H groups in total. The summed E-state index contributed by atoms with van der Waals surface area (Å²) >= 11 is 0. The molecule has 0 radical (unpaired) electrons. The van der Waals surface area contributed by atoms with Crippen LogP contribution in [-0.4, -0.2) is 296 Å². The van der Waals surface area contributed by atoms with Crippen LogP contribution in [-0.2, 0) is 47.4 Å². The molecule has 9 fully saturated rings. The van der Waals surface area contributed by atoms with Crippen LogP contribution in [0.4, 0.5) is 0 Å². The molecule has 5 aliphatic heterocycles. The van der Waals surface area contributed by atoms with Crippen LogP contribution in [0.3, 0.4) is 0 Å². The predicted molar refractivity (Wildman–Crippen MR) is 299 cm³/mol. The summed E-state index contributed by atoms with van der Waals surface area (Å²) in [6.45, 7) is 13.4. The summed E-state index contributed by atoms with van der Waals surface area (Å²) in [4.78, 5) is 0. The summed E-state index contributed by atoms with van der Waals surface area (Å²) in [5, 5.41) is 195. The summed E-state index contributed by atoms with van der Waals surface area (Å²) in [5.41, 5.74) is -2.47. The third-order valence-electron chi connectivity index (χ3n) is 23.1. The third-order valence-corrected chi connectivity index (χ3v) is 23.1. The predicted octanol–water partition coefficient (Wildman–Crippen LogP) is -4.38. The van der Waals surface area contributed by atoms with Gasteiger partial charge in [0.25, 0.3) is 0 Å². The van der Waals surface area contributed by atoms with Gasteiger partial charge in [-0.15, -0.1) is 0 Å². The minimum atomic E-state index is -1.90. The molecular weight excluding hydrogens is 1170 g/mol. The summed E-state index contributed by atoms with van der Waals surface area (Å²) in [5.74, 6) is -0.848. The fraction of sp³-hybridized carbons (Fsp3) is 0.967. The average Bonchev–Trinajstić information content (AvgIpc) is 1.22. The molecule has 28 heteroatoms. The molecule has 0 unspecified atom stereocenters. The van der Waals surface area contributed by atoms with Gasteiger partial charge in [-0.1, -0.05) is 46.3 Å². The first-order valence-corrected chi connectivity index (χ1v) is 31.4. The Morgan fingerprint density at radius 1 is 0.511 bits per heavy atom. The average molecular weight is 1270 g/mol. The first-order valence-electron chi connectivity index (χ1n) is 31.4. The van der Waals surface area contributed by atoms with E-state index in [1.54, 1.807) is 6.92 Å². The minimum Gasteiger partial charge on any atom is -0.394 e. The Kier molecular flexibility index (Phi) is 22.1. The highest BCUT2D eigenvalue weighted by Gasteiger charge is 2.72. The lowest BCUT2D eigenvalue weighted by Crippen LogP contribution is -2.68. The molecule has 0 aromatic carbocycles. The van der Waals surface area contributed by atoms with Gasteiger partial charge >= 0.3 is 0 Å². The highest BCUT2D eigenvalue weighted by molar-refractivity contribution is 5.21. The molecule has 5 heterocycles. The molecule has 0 bridgehead atoms. The van der Waals surface area contributed by atoms with Gasteiger partial charge in [-0.2, -0.15) is 0 Å². The highest BCUT2D eigenvalue weighted by Crippen LogP contribution is 2.76. The maximum absolute atomic E-state index is 13.0. The molecule has 28 nitrogen and oxygen atoms in total. The van der Waals surface area contributed by atoms with Crippen LogP contribution in [0.15, 0.2) is 11.6 Å². The van der Waals surface area contributed by atoms with E-state index < -0.39 is 214 Å². The van der Waals surface area contributed by atoms with Gasteiger partial charge in [-0.05, 0) is 124 Å². The first kappa shape index (κ1) is 70.9. The SMILES string of the molecule is C/C(=C\CC[C@](C)(O[C@H]1O[C@@H](CO[C@H]2O[C@@H](CO)[C@H](O)[C@@H](O)[C@@H]2O)[C@H](O)[C@@H](O)[C@@H]1O)[C@@H]1CC[C@]2(C)[C@H]1[C@@H](O)C[C@H]1[C@@]3(C)CC[C@H](O[C@@H]4O[C@H](CO[C@H]5O[C@@H](C)[C@H](O)[C@@H](O)[C@@H]5O)[C@@H](O)[C@H](O)[C@H]4O[C@H]4O[C@@H](CO)[C@H](O)[C@@H](O)[C@@H]4O)C(C)(C)[C@@H]3CC[C@@]12C)CO. The van der Waals surface area contributed by atoms with Crippen molar-refractivity contribution in [1.29, 1.82) is 0 Å². The van der Waals surface area contributed by atoms with Gasteiger partial charge in [0, 0.05) is 0 Å². The van der Waals surface area contributed by atoms with E-state index >= 15 is 0 Å². The number of hydrogen-bond acceptors (Lipinski definition) is 28. The van der Waals surface area contributed by atoms with Crippen molar-refractivity contribution in [3.8, 4) is 0 Å². The van der Waals surface area contributed by atoms with E-state index in [9.17, 15) is 91.9 Å². The molecule has 5 saturated heterocycles. The Balaban J connectivity index is 0.945. The van der Waals surface area contributed by atoms with Crippen molar-refractivity contribution in [2.75, 3.05) is 33.0 Å². The van der Waals surface area contributed by atoms with Crippen LogP contribution < -0.4 is 0 Å². The number of rotatable bonds is 19. The zero-order valence-corrected chi connectivity index (χ0v) is 51.5. The van der Waals surface area contributed by atoms with Gasteiger partial charge in [0.1, 0.15) is 116 Å². The van der Waals surface area contributed by atoms with Crippen molar-refractivity contribution >= 4 is 0 Å². The molecule has 510 valence electrons. The number of ether oxygens (including phenoxy) is 10. The van der Waals surface area contributed by atoms with Crippen molar-refractivity contribution < 1.29 is 139 Å². The smallest absolute Gasteiger partial charge is 0.187 e. The summed E-state index contributed by atoms with van der Waals surface area (Å²) < 4.78 is 61.0. The van der Waals surface area contributed by atoms with Crippen LogP contribution >= 0.6 is 0 Å². The Morgan fingerprint density at radius 3 is 1.58 bits per heavy atom. The third kappa shape index (κ3) is 12.7. The number of allylic oxidation sites excluding steroid dienone is 1. The largest absolute Gasteiger partial charge is 0.394 e. The lowest BCUT2D eigenvalue weighted by atomic mass is 9.35. The lowest BCUT2D eigenvalue weighted by Gasteiger charge is -2.71. The number of hydrogen-bond donors (Lipinski definition) is 18. The van der Waals surface area contributed by atoms with Crippen LogP contribution in [0.25, 0.3) is 0 Å². The summed E-state index contributed by atoms with van der Waals surface area (Å²) in [6, 6.07) is 0. The Morgan fingerprint density at radius 2 is 1.00 bits per heavy atom. The van der Waals surface area contributed by atoms with E-state index in [0.29, 0.717) is 56.9 Å². The van der Waals surface area contributed by atoms with E-state index in [-0.39, 0.29) is 35.7 Å². The standard InChI is InChI=1S/C60H102O28/c1-24(19-61)10-9-14-60(8,88-54-49(78)44(73)39(68)30(84-54)22-80-52-47(76)42(71)37(66)28(20-62)82-52)26-11-16-59(7)35(26)27(64)18-33-57(5)15-13-34(56(3,4)32(57)12-17-58(33,59)6)86-55-50(87-53-48(77)43(72)38(67)29(21-63)83-53)45(74)40(69)31(85-55)23-79-51-46(75)41(70)36(65)25(2)81-51/h10,25-55,61-78H,9,11-23H2,1-8H3/b24-10+/t25-,26+,27-,28-,29-,30-,31+,32-,33-,34-,35+,36-,37-,38-,39-,40+,41+,42+,43+,44+,45-,46-,47-,48-,49-,50+,51-,52-,53+,54+,55-,57-,58-,59+,60-/m0/s1. The number of fused-ring (bicyclic) bond motifs is 5.